The molecule has 0 aromatic carbocycles. The lowest BCUT2D eigenvalue weighted by molar-refractivity contribution is 0.548. The van der Waals surface area contributed by atoms with Crippen LogP contribution in [0, 0.1) is 19.3 Å². The molecule has 0 aliphatic heterocycles. The monoisotopic (exact) mass is 392 g/mol. The highest BCUT2D eigenvalue weighted by Crippen LogP contribution is 2.32. The maximum absolute atomic E-state index is 3.86. The van der Waals surface area contributed by atoms with Crippen LogP contribution in [0.4, 0.5) is 0 Å². The molecule has 0 spiro atoms. The van der Waals surface area contributed by atoms with Crippen LogP contribution >= 0.6 is 0 Å². The number of unbranched alkanes of at least 4 members (excludes halogenated alkanes) is 19. The first kappa shape index (κ1) is 28.0. The Bertz CT molecular complexity index is 241. The van der Waals surface area contributed by atoms with Gasteiger partial charge in [-0.25, -0.2) is 0 Å². The van der Waals surface area contributed by atoms with Gasteiger partial charge in [-0.1, -0.05) is 162 Å². The average molecular weight is 393 g/mol. The Morgan fingerprint density at radius 2 is 0.857 bits per heavy atom. The fourth-order valence-electron chi connectivity index (χ4n) is 3.89. The molecule has 0 N–H and O–H groups in total. The highest BCUT2D eigenvalue weighted by Gasteiger charge is 2.20. The van der Waals surface area contributed by atoms with Gasteiger partial charge in [0.1, 0.15) is 0 Å². The van der Waals surface area contributed by atoms with Crippen LogP contribution in [0.5, 0.6) is 0 Å². The topological polar surface area (TPSA) is 0 Å². The molecule has 1 atom stereocenters. The number of rotatable bonds is 21. The zero-order valence-electron chi connectivity index (χ0n) is 20.1. The molecule has 0 amide bonds. The van der Waals surface area contributed by atoms with Crippen molar-refractivity contribution in [2.24, 2.45) is 5.92 Å². The third-order valence-electron chi connectivity index (χ3n) is 6.10. The molecule has 0 saturated heterocycles. The van der Waals surface area contributed by atoms with Crippen molar-refractivity contribution in [1.82, 2.24) is 0 Å². The quantitative estimate of drug-likeness (QED) is 0.170. The van der Waals surface area contributed by atoms with Crippen LogP contribution in [0.2, 0.25) is 0 Å². The van der Waals surface area contributed by atoms with Crippen LogP contribution in [-0.4, -0.2) is 0 Å². The summed E-state index contributed by atoms with van der Waals surface area (Å²) >= 11 is 0. The van der Waals surface area contributed by atoms with Gasteiger partial charge in [0.15, 0.2) is 0 Å². The molecule has 0 bridgehead atoms. The first-order valence-corrected chi connectivity index (χ1v) is 13.5. The standard InChI is InChI=1S/C14H27.C14H29/c1-2-3-4-5-6-7-8-9-10-11-14-12-13-14;1-3-5-7-9-11-13-14-12-10-8-6-4-2/h12,14H,2-11,13H2,1H3;1,3-14H2,2H3. The molecule has 28 heavy (non-hydrogen) atoms. The molecule has 1 fully saturated rings. The second-order valence-electron chi connectivity index (χ2n) is 9.24. The van der Waals surface area contributed by atoms with Gasteiger partial charge in [0.05, 0.1) is 0 Å². The first-order chi connectivity index (χ1) is 13.8. The minimum Gasteiger partial charge on any atom is -0.0654 e. The van der Waals surface area contributed by atoms with E-state index in [-0.39, 0.29) is 0 Å². The van der Waals surface area contributed by atoms with Crippen molar-refractivity contribution in [1.29, 1.82) is 0 Å². The Balaban J connectivity index is 0.000000521. The van der Waals surface area contributed by atoms with Crippen molar-refractivity contribution in [3.63, 3.8) is 0 Å². The van der Waals surface area contributed by atoms with Crippen molar-refractivity contribution in [3.8, 4) is 0 Å². The summed E-state index contributed by atoms with van der Waals surface area (Å²) in [5, 5.41) is 0. The van der Waals surface area contributed by atoms with Gasteiger partial charge in [-0.3, -0.25) is 0 Å². The van der Waals surface area contributed by atoms with E-state index in [1.807, 2.05) is 0 Å². The molecular formula is C28H56. The van der Waals surface area contributed by atoms with Crippen molar-refractivity contribution < 1.29 is 0 Å². The molecular weight excluding hydrogens is 336 g/mol. The van der Waals surface area contributed by atoms with E-state index >= 15 is 0 Å². The predicted octanol–water partition coefficient (Wildman–Crippen LogP) is 10.7. The Labute approximate surface area is 181 Å². The van der Waals surface area contributed by atoms with E-state index in [0.29, 0.717) is 0 Å². The fourth-order valence-corrected chi connectivity index (χ4v) is 3.89. The van der Waals surface area contributed by atoms with E-state index in [9.17, 15) is 0 Å². The normalized spacial score (nSPS) is 13.4. The minimum absolute atomic E-state index is 1.03. The predicted molar refractivity (Wildman–Crippen MR) is 131 cm³/mol. The molecule has 1 unspecified atom stereocenters. The lowest BCUT2D eigenvalue weighted by atomic mass is 10.1. The molecule has 1 saturated carbocycles. The Morgan fingerprint density at radius 3 is 1.18 bits per heavy atom. The Kier molecular flexibility index (Phi) is 25.0. The van der Waals surface area contributed by atoms with Gasteiger partial charge in [-0.15, -0.1) is 0 Å². The molecule has 1 aliphatic carbocycles. The average Bonchev–Trinajstić information content (AvgIpc) is 3.53. The lowest BCUT2D eigenvalue weighted by Gasteiger charge is -2.01. The van der Waals surface area contributed by atoms with Crippen molar-refractivity contribution in [2.45, 2.75) is 162 Å². The summed E-state index contributed by atoms with van der Waals surface area (Å²) in [5.74, 6) is 1.03. The van der Waals surface area contributed by atoms with Crippen LogP contribution in [0.3, 0.4) is 0 Å². The molecule has 168 valence electrons. The highest BCUT2D eigenvalue weighted by atomic mass is 14.3. The van der Waals surface area contributed by atoms with Gasteiger partial charge in [0.25, 0.3) is 0 Å². The van der Waals surface area contributed by atoms with E-state index < -0.39 is 0 Å². The molecule has 0 nitrogen and oxygen atoms in total. The third kappa shape index (κ3) is 26.0. The summed E-state index contributed by atoms with van der Waals surface area (Å²) in [6.07, 6.45) is 35.4. The van der Waals surface area contributed by atoms with Crippen molar-refractivity contribution in [2.75, 3.05) is 0 Å². The number of hydrogen-bond acceptors (Lipinski definition) is 0. The molecule has 1 rings (SSSR count). The SMILES string of the molecule is CCCCCCCCCCCC1[CH]C1.[CH2]CCCCCCCCCCCCC. The van der Waals surface area contributed by atoms with Gasteiger partial charge >= 0.3 is 0 Å². The van der Waals surface area contributed by atoms with E-state index in [4.69, 9.17) is 0 Å². The van der Waals surface area contributed by atoms with Crippen LogP contribution in [-0.2, 0) is 0 Å². The summed E-state index contributed by atoms with van der Waals surface area (Å²) in [4.78, 5) is 0. The Hall–Kier alpha value is 0. The smallest absolute Gasteiger partial charge is 0.0352 e. The second-order valence-corrected chi connectivity index (χ2v) is 9.24. The van der Waals surface area contributed by atoms with E-state index in [0.717, 1.165) is 12.3 Å². The largest absolute Gasteiger partial charge is 0.0654 e. The molecule has 0 aromatic rings. The molecule has 1 aliphatic rings. The summed E-state index contributed by atoms with van der Waals surface area (Å²) in [6.45, 7) is 8.43. The van der Waals surface area contributed by atoms with Crippen LogP contribution in [0.25, 0.3) is 0 Å². The van der Waals surface area contributed by atoms with Gasteiger partial charge in [-0.2, -0.15) is 0 Å². The lowest BCUT2D eigenvalue weighted by Crippen LogP contribution is -1.82. The molecule has 0 heterocycles. The van der Waals surface area contributed by atoms with Gasteiger partial charge in [-0.05, 0) is 18.8 Å². The maximum Gasteiger partial charge on any atom is -0.0352 e. The summed E-state index contributed by atoms with van der Waals surface area (Å²) in [6, 6.07) is 0. The number of hydrogen-bond donors (Lipinski definition) is 0. The highest BCUT2D eigenvalue weighted by molar-refractivity contribution is 4.93. The third-order valence-corrected chi connectivity index (χ3v) is 6.10. The molecule has 2 radical (unpaired) electrons. The summed E-state index contributed by atoms with van der Waals surface area (Å²) in [7, 11) is 0. The summed E-state index contributed by atoms with van der Waals surface area (Å²) in [5.41, 5.74) is 0. The van der Waals surface area contributed by atoms with E-state index in [1.54, 1.807) is 0 Å². The van der Waals surface area contributed by atoms with Gasteiger partial charge in [0.2, 0.25) is 0 Å². The van der Waals surface area contributed by atoms with Crippen LogP contribution < -0.4 is 0 Å². The van der Waals surface area contributed by atoms with Gasteiger partial charge in [0, 0.05) is 0 Å². The molecule has 0 heteroatoms. The van der Waals surface area contributed by atoms with Crippen LogP contribution in [0.1, 0.15) is 162 Å². The second kappa shape index (κ2) is 25.0. The van der Waals surface area contributed by atoms with Gasteiger partial charge < -0.3 is 0 Å². The van der Waals surface area contributed by atoms with Crippen molar-refractivity contribution in [3.05, 3.63) is 13.3 Å². The zero-order valence-corrected chi connectivity index (χ0v) is 20.1. The molecule has 0 aromatic heterocycles. The zero-order chi connectivity index (χ0) is 20.5. The van der Waals surface area contributed by atoms with Crippen LogP contribution in [0.15, 0.2) is 0 Å². The van der Waals surface area contributed by atoms with E-state index in [1.165, 1.54) is 141 Å². The summed E-state index contributed by atoms with van der Waals surface area (Å²) < 4.78 is 0. The van der Waals surface area contributed by atoms with Crippen molar-refractivity contribution >= 4 is 0 Å². The van der Waals surface area contributed by atoms with E-state index in [2.05, 4.69) is 27.2 Å². The fraction of sp³-hybridized carbons (Fsp3) is 0.929. The Morgan fingerprint density at radius 1 is 0.536 bits per heavy atom. The maximum atomic E-state index is 3.86. The minimum atomic E-state index is 1.03. The first-order valence-electron chi connectivity index (χ1n) is 13.5.